The highest BCUT2D eigenvalue weighted by Crippen LogP contribution is 2.08. The van der Waals surface area contributed by atoms with Crippen LogP contribution in [0.1, 0.15) is 36.2 Å². The monoisotopic (exact) mass is 220 g/mol. The van der Waals surface area contributed by atoms with Crippen LogP contribution >= 0.6 is 0 Å². The van der Waals surface area contributed by atoms with Gasteiger partial charge in [0.05, 0.1) is 0 Å². The maximum Gasteiger partial charge on any atom is 0.251 e. The second-order valence-corrected chi connectivity index (χ2v) is 3.89. The van der Waals surface area contributed by atoms with Crippen molar-refractivity contribution in [1.82, 2.24) is 5.32 Å². The Morgan fingerprint density at radius 1 is 1.38 bits per heavy atom. The predicted molar refractivity (Wildman–Crippen MR) is 66.4 cm³/mol. The molecule has 1 atom stereocenters. The molecule has 0 aromatic heterocycles. The molecular formula is C13H20N2O. The first kappa shape index (κ1) is 12.7. The van der Waals surface area contributed by atoms with Gasteiger partial charge in [-0.15, -0.1) is 0 Å². The van der Waals surface area contributed by atoms with Crippen molar-refractivity contribution in [2.75, 3.05) is 6.54 Å². The standard InChI is InChI=1S/C13H20N2O/c1-3-10-7-5-6-8-12(10)13(16)15-9-11(14)4-2/h5-8,11H,3-4,9,14H2,1-2H3,(H,15,16). The summed E-state index contributed by atoms with van der Waals surface area (Å²) in [7, 11) is 0. The fraction of sp³-hybridized carbons (Fsp3) is 0.462. The third-order valence-electron chi connectivity index (χ3n) is 2.69. The number of hydrogen-bond donors (Lipinski definition) is 2. The van der Waals surface area contributed by atoms with Gasteiger partial charge in [0.15, 0.2) is 0 Å². The Balaban J connectivity index is 2.65. The van der Waals surface area contributed by atoms with E-state index in [2.05, 4.69) is 5.32 Å². The lowest BCUT2D eigenvalue weighted by Crippen LogP contribution is -2.37. The van der Waals surface area contributed by atoms with E-state index in [0.717, 1.165) is 24.0 Å². The summed E-state index contributed by atoms with van der Waals surface area (Å²) in [6.07, 6.45) is 1.74. The van der Waals surface area contributed by atoms with Crippen molar-refractivity contribution < 1.29 is 4.79 Å². The van der Waals surface area contributed by atoms with Gasteiger partial charge in [-0.3, -0.25) is 4.79 Å². The predicted octanol–water partition coefficient (Wildman–Crippen LogP) is 1.72. The molecule has 0 aliphatic heterocycles. The molecule has 0 spiro atoms. The van der Waals surface area contributed by atoms with E-state index in [4.69, 9.17) is 5.73 Å². The molecule has 0 saturated heterocycles. The quantitative estimate of drug-likeness (QED) is 0.793. The van der Waals surface area contributed by atoms with Crippen molar-refractivity contribution >= 4 is 5.91 Å². The van der Waals surface area contributed by atoms with Gasteiger partial charge in [-0.05, 0) is 24.5 Å². The fourth-order valence-electron chi connectivity index (χ4n) is 1.51. The summed E-state index contributed by atoms with van der Waals surface area (Å²) in [5.41, 5.74) is 7.59. The maximum atomic E-state index is 11.9. The Labute approximate surface area is 97.0 Å². The molecule has 0 radical (unpaired) electrons. The van der Waals surface area contributed by atoms with Crippen molar-refractivity contribution in [2.45, 2.75) is 32.7 Å². The van der Waals surface area contributed by atoms with Crippen LogP contribution in [0.25, 0.3) is 0 Å². The number of rotatable bonds is 5. The van der Waals surface area contributed by atoms with Crippen LogP contribution in [0.5, 0.6) is 0 Å². The van der Waals surface area contributed by atoms with Gasteiger partial charge >= 0.3 is 0 Å². The third kappa shape index (κ3) is 3.35. The molecule has 1 rings (SSSR count). The van der Waals surface area contributed by atoms with Crippen LogP contribution in [0.15, 0.2) is 24.3 Å². The zero-order chi connectivity index (χ0) is 12.0. The van der Waals surface area contributed by atoms with Crippen LogP contribution in [0.2, 0.25) is 0 Å². The molecule has 0 aliphatic rings. The van der Waals surface area contributed by atoms with Gasteiger partial charge < -0.3 is 11.1 Å². The van der Waals surface area contributed by atoms with Gasteiger partial charge in [0.25, 0.3) is 5.91 Å². The normalized spacial score (nSPS) is 12.2. The molecule has 0 aliphatic carbocycles. The number of carbonyl (C=O) groups is 1. The Hall–Kier alpha value is -1.35. The molecule has 1 amide bonds. The Bertz CT molecular complexity index is 350. The smallest absolute Gasteiger partial charge is 0.251 e. The SMILES string of the molecule is CCc1ccccc1C(=O)NCC(N)CC. The van der Waals surface area contributed by atoms with Gasteiger partial charge in [0, 0.05) is 18.2 Å². The molecule has 1 aromatic rings. The number of amides is 1. The van der Waals surface area contributed by atoms with Crippen LogP contribution in [0.3, 0.4) is 0 Å². The third-order valence-corrected chi connectivity index (χ3v) is 2.69. The van der Waals surface area contributed by atoms with Gasteiger partial charge in [-0.1, -0.05) is 32.0 Å². The first-order chi connectivity index (χ1) is 7.69. The molecule has 3 heteroatoms. The molecule has 0 fully saturated rings. The molecule has 3 N–H and O–H groups in total. The van der Waals surface area contributed by atoms with E-state index in [-0.39, 0.29) is 11.9 Å². The second-order valence-electron chi connectivity index (χ2n) is 3.89. The van der Waals surface area contributed by atoms with Crippen molar-refractivity contribution in [3.8, 4) is 0 Å². The van der Waals surface area contributed by atoms with Crippen molar-refractivity contribution in [3.05, 3.63) is 35.4 Å². The van der Waals surface area contributed by atoms with Crippen LogP contribution < -0.4 is 11.1 Å². The number of aryl methyl sites for hydroxylation is 1. The summed E-state index contributed by atoms with van der Waals surface area (Å²) in [5.74, 6) is -0.0265. The van der Waals surface area contributed by atoms with Gasteiger partial charge in [-0.25, -0.2) is 0 Å². The first-order valence-corrected chi connectivity index (χ1v) is 5.80. The lowest BCUT2D eigenvalue weighted by Gasteiger charge is -2.12. The molecule has 88 valence electrons. The van der Waals surface area contributed by atoms with Crippen LogP contribution in [0, 0.1) is 0 Å². The number of nitrogens with two attached hydrogens (primary N) is 1. The summed E-state index contributed by atoms with van der Waals surface area (Å²) in [4.78, 5) is 11.9. The van der Waals surface area contributed by atoms with Gasteiger partial charge in [-0.2, -0.15) is 0 Å². The highest BCUT2D eigenvalue weighted by Gasteiger charge is 2.09. The largest absolute Gasteiger partial charge is 0.350 e. The van der Waals surface area contributed by atoms with Crippen LogP contribution in [-0.2, 0) is 6.42 Å². The van der Waals surface area contributed by atoms with Crippen LogP contribution in [0.4, 0.5) is 0 Å². The Morgan fingerprint density at radius 2 is 2.06 bits per heavy atom. The highest BCUT2D eigenvalue weighted by molar-refractivity contribution is 5.95. The first-order valence-electron chi connectivity index (χ1n) is 5.80. The van der Waals surface area contributed by atoms with E-state index in [0.29, 0.717) is 6.54 Å². The van der Waals surface area contributed by atoms with E-state index in [1.807, 2.05) is 38.1 Å². The molecular weight excluding hydrogens is 200 g/mol. The second kappa shape index (κ2) is 6.28. The molecule has 3 nitrogen and oxygen atoms in total. The summed E-state index contributed by atoms with van der Waals surface area (Å²) >= 11 is 0. The molecule has 16 heavy (non-hydrogen) atoms. The zero-order valence-corrected chi connectivity index (χ0v) is 9.99. The number of carbonyl (C=O) groups excluding carboxylic acids is 1. The Morgan fingerprint density at radius 3 is 2.69 bits per heavy atom. The van der Waals surface area contributed by atoms with E-state index in [1.54, 1.807) is 0 Å². The number of benzene rings is 1. The van der Waals surface area contributed by atoms with E-state index in [9.17, 15) is 4.79 Å². The summed E-state index contributed by atoms with van der Waals surface area (Å²) < 4.78 is 0. The average Bonchev–Trinajstić information content (AvgIpc) is 2.35. The highest BCUT2D eigenvalue weighted by atomic mass is 16.1. The van der Waals surface area contributed by atoms with E-state index < -0.39 is 0 Å². The van der Waals surface area contributed by atoms with Crippen molar-refractivity contribution in [2.24, 2.45) is 5.73 Å². The number of hydrogen-bond acceptors (Lipinski definition) is 2. The Kier molecular flexibility index (Phi) is 4.99. The summed E-state index contributed by atoms with van der Waals surface area (Å²) in [6, 6.07) is 7.71. The summed E-state index contributed by atoms with van der Waals surface area (Å²) in [5, 5.41) is 2.86. The minimum Gasteiger partial charge on any atom is -0.350 e. The number of nitrogens with one attached hydrogen (secondary N) is 1. The molecule has 1 aromatic carbocycles. The van der Waals surface area contributed by atoms with Crippen molar-refractivity contribution in [1.29, 1.82) is 0 Å². The molecule has 0 saturated carbocycles. The minimum atomic E-state index is -0.0265. The molecule has 0 heterocycles. The molecule has 0 bridgehead atoms. The zero-order valence-electron chi connectivity index (χ0n) is 9.99. The van der Waals surface area contributed by atoms with Gasteiger partial charge in [0.1, 0.15) is 0 Å². The van der Waals surface area contributed by atoms with E-state index >= 15 is 0 Å². The minimum absolute atomic E-state index is 0.0265. The lowest BCUT2D eigenvalue weighted by molar-refractivity contribution is 0.0950. The average molecular weight is 220 g/mol. The van der Waals surface area contributed by atoms with Crippen LogP contribution in [-0.4, -0.2) is 18.5 Å². The van der Waals surface area contributed by atoms with E-state index in [1.165, 1.54) is 0 Å². The van der Waals surface area contributed by atoms with Gasteiger partial charge in [0.2, 0.25) is 0 Å². The topological polar surface area (TPSA) is 55.1 Å². The molecule has 1 unspecified atom stereocenters. The summed E-state index contributed by atoms with van der Waals surface area (Å²) in [6.45, 7) is 4.59. The van der Waals surface area contributed by atoms with Crippen molar-refractivity contribution in [3.63, 3.8) is 0 Å². The lowest BCUT2D eigenvalue weighted by atomic mass is 10.0. The maximum absolute atomic E-state index is 11.9. The fourth-order valence-corrected chi connectivity index (χ4v) is 1.51.